The summed E-state index contributed by atoms with van der Waals surface area (Å²) < 4.78 is 18.4. The minimum absolute atomic E-state index is 0.00891. The van der Waals surface area contributed by atoms with E-state index in [4.69, 9.17) is 14.2 Å². The van der Waals surface area contributed by atoms with E-state index >= 15 is 0 Å². The highest BCUT2D eigenvalue weighted by Gasteiger charge is 2.50. The van der Waals surface area contributed by atoms with E-state index in [2.05, 4.69) is 84.8 Å². The van der Waals surface area contributed by atoms with Gasteiger partial charge in [-0.1, -0.05) is 118 Å². The highest BCUT2D eigenvalue weighted by molar-refractivity contribution is 5.83. The summed E-state index contributed by atoms with van der Waals surface area (Å²) >= 11 is 0. The molecule has 3 N–H and O–H groups in total. The van der Waals surface area contributed by atoms with Crippen LogP contribution < -0.4 is 10.6 Å². The number of aliphatic hydroxyl groups is 1. The summed E-state index contributed by atoms with van der Waals surface area (Å²) in [4.78, 5) is 28.0. The molecule has 290 valence electrons. The topological polar surface area (TPSA) is 109 Å². The largest absolute Gasteiger partial charge is 0.467 e. The van der Waals surface area contributed by atoms with Gasteiger partial charge in [-0.15, -0.1) is 0 Å². The molecule has 3 fully saturated rings. The number of fused-ring (bicyclic) bond motifs is 2. The Balaban J connectivity index is 1.02. The van der Waals surface area contributed by atoms with Gasteiger partial charge in [0, 0.05) is 44.1 Å². The third-order valence-corrected chi connectivity index (χ3v) is 11.5. The van der Waals surface area contributed by atoms with Gasteiger partial charge in [-0.25, -0.2) is 9.59 Å². The number of likely N-dealkylation sites (tertiary alicyclic amines) is 1. The number of ether oxygens (including phenoxy) is 3. The van der Waals surface area contributed by atoms with Crippen LogP contribution in [-0.2, 0) is 38.6 Å². The molecule has 4 aromatic rings. The molecule has 2 bridgehead atoms. The summed E-state index contributed by atoms with van der Waals surface area (Å²) in [5.41, 5.74) is 7.55. The monoisotopic (exact) mass is 745 g/mol. The van der Waals surface area contributed by atoms with Crippen LogP contribution >= 0.6 is 0 Å². The number of rotatable bonds is 12. The van der Waals surface area contributed by atoms with Crippen LogP contribution in [0, 0.1) is 10.8 Å². The van der Waals surface area contributed by atoms with Gasteiger partial charge in [-0.3, -0.25) is 4.90 Å². The lowest BCUT2D eigenvalue weighted by atomic mass is 9.65. The van der Waals surface area contributed by atoms with Crippen LogP contribution in [-0.4, -0.2) is 60.4 Å². The Kier molecular flexibility index (Phi) is 11.7. The summed E-state index contributed by atoms with van der Waals surface area (Å²) in [6.45, 7) is 9.59. The maximum atomic E-state index is 12.9. The molecular weight excluding hydrogens is 691 g/mol. The van der Waals surface area contributed by atoms with Crippen LogP contribution in [0.15, 0.2) is 103 Å². The molecule has 3 aliphatic rings. The van der Waals surface area contributed by atoms with Gasteiger partial charge in [0.1, 0.15) is 6.04 Å². The van der Waals surface area contributed by atoms with Crippen LogP contribution in [0.25, 0.3) is 11.1 Å². The number of carbonyl (C=O) groups is 2. The Bertz CT molecular complexity index is 1920. The summed E-state index contributed by atoms with van der Waals surface area (Å²) in [5, 5.41) is 15.3. The Hall–Kier alpha value is -4.54. The molecule has 6 atom stereocenters. The van der Waals surface area contributed by atoms with Gasteiger partial charge in [0.15, 0.2) is 6.29 Å². The lowest BCUT2D eigenvalue weighted by Gasteiger charge is -2.41. The fourth-order valence-electron chi connectivity index (χ4n) is 9.36. The van der Waals surface area contributed by atoms with E-state index in [0.29, 0.717) is 23.3 Å². The van der Waals surface area contributed by atoms with Crippen LogP contribution in [0.1, 0.15) is 86.7 Å². The SMILES string of the molecule is COC(=O)C(Cc1ccccc1)NC(=O)NCc1cccc(-c2ccc(C3OC(CN4CC5(C)CC4CC(C)(C)C5)CC(c4ccc(CO)cc4)O3)cc2)c1. The molecule has 0 aromatic heterocycles. The number of urea groups is 1. The Morgan fingerprint density at radius 1 is 0.855 bits per heavy atom. The fraction of sp³-hybridized carbons (Fsp3) is 0.435. The van der Waals surface area contributed by atoms with E-state index in [1.807, 2.05) is 54.6 Å². The Morgan fingerprint density at radius 3 is 2.31 bits per heavy atom. The minimum Gasteiger partial charge on any atom is -0.467 e. The predicted molar refractivity (Wildman–Crippen MR) is 213 cm³/mol. The second-order valence-electron chi connectivity index (χ2n) is 16.9. The lowest BCUT2D eigenvalue weighted by molar-refractivity contribution is -0.253. The smallest absolute Gasteiger partial charge is 0.328 e. The Labute approximate surface area is 325 Å². The van der Waals surface area contributed by atoms with E-state index in [1.54, 1.807) is 0 Å². The number of carbonyl (C=O) groups excluding carboxylic acids is 2. The van der Waals surface area contributed by atoms with Crippen LogP contribution in [0.4, 0.5) is 4.79 Å². The average Bonchev–Trinajstić information content (AvgIpc) is 3.43. The number of amides is 2. The molecule has 2 aliphatic heterocycles. The predicted octanol–water partition coefficient (Wildman–Crippen LogP) is 7.88. The molecule has 4 aromatic carbocycles. The molecule has 2 saturated heterocycles. The highest BCUT2D eigenvalue weighted by atomic mass is 16.7. The van der Waals surface area contributed by atoms with E-state index in [0.717, 1.165) is 58.5 Å². The van der Waals surface area contributed by atoms with Crippen molar-refractivity contribution < 1.29 is 28.9 Å². The molecule has 55 heavy (non-hydrogen) atoms. The van der Waals surface area contributed by atoms with Gasteiger partial charge in [-0.05, 0) is 69.5 Å². The molecule has 2 heterocycles. The first-order valence-corrected chi connectivity index (χ1v) is 19.6. The number of hydrogen-bond acceptors (Lipinski definition) is 7. The summed E-state index contributed by atoms with van der Waals surface area (Å²) in [6.07, 6.45) is 4.20. The van der Waals surface area contributed by atoms with Gasteiger partial charge < -0.3 is 30.0 Å². The number of nitrogens with one attached hydrogen (secondary N) is 2. The zero-order chi connectivity index (χ0) is 38.6. The van der Waals surface area contributed by atoms with Crippen molar-refractivity contribution in [3.05, 3.63) is 131 Å². The fourth-order valence-corrected chi connectivity index (χ4v) is 9.36. The van der Waals surface area contributed by atoms with E-state index in [-0.39, 0.29) is 25.4 Å². The molecule has 1 saturated carbocycles. The van der Waals surface area contributed by atoms with Crippen LogP contribution in [0.3, 0.4) is 0 Å². The number of esters is 1. The first-order valence-electron chi connectivity index (χ1n) is 19.6. The van der Waals surface area contributed by atoms with Crippen LogP contribution in [0.5, 0.6) is 0 Å². The molecule has 7 rings (SSSR count). The highest BCUT2D eigenvalue weighted by Crippen LogP contribution is 2.53. The number of aliphatic hydroxyl groups excluding tert-OH is 1. The van der Waals surface area contributed by atoms with E-state index in [1.165, 1.54) is 26.4 Å². The van der Waals surface area contributed by atoms with Gasteiger partial charge in [-0.2, -0.15) is 0 Å². The molecule has 0 spiro atoms. The third-order valence-electron chi connectivity index (χ3n) is 11.5. The van der Waals surface area contributed by atoms with Crippen molar-refractivity contribution in [1.82, 2.24) is 15.5 Å². The number of methoxy groups -OCH3 is 1. The molecule has 9 nitrogen and oxygen atoms in total. The average molecular weight is 746 g/mol. The van der Waals surface area contributed by atoms with Crippen molar-refractivity contribution in [1.29, 1.82) is 0 Å². The standard InChI is InChI=1S/C46H55N3O6/c1-45(2)24-38-25-46(3,29-45)30-49(38)27-39-23-41(35-15-13-32(28-50)14-16-35)55-43(54-39)36-19-17-34(18-20-36)37-12-8-11-33(21-37)26-47-44(52)48-40(42(51)53-4)22-31-9-6-5-7-10-31/h5-21,38-41,43,50H,22-30H2,1-4H3,(H2,47,48,52). The number of nitrogens with zero attached hydrogens (tertiary/aromatic N) is 1. The first-order chi connectivity index (χ1) is 26.5. The van der Waals surface area contributed by atoms with Crippen molar-refractivity contribution >= 4 is 12.0 Å². The van der Waals surface area contributed by atoms with Crippen molar-refractivity contribution in [2.45, 2.75) is 96.6 Å². The maximum absolute atomic E-state index is 12.9. The second kappa shape index (κ2) is 16.7. The van der Waals surface area contributed by atoms with Crippen molar-refractivity contribution in [2.75, 3.05) is 20.2 Å². The normalized spacial score (nSPS) is 25.2. The van der Waals surface area contributed by atoms with Gasteiger partial charge in [0.25, 0.3) is 0 Å². The zero-order valence-electron chi connectivity index (χ0n) is 32.5. The summed E-state index contributed by atoms with van der Waals surface area (Å²) in [5.74, 6) is -0.497. The Morgan fingerprint density at radius 2 is 1.58 bits per heavy atom. The third kappa shape index (κ3) is 9.65. The molecular formula is C46H55N3O6. The quantitative estimate of drug-likeness (QED) is 0.127. The van der Waals surface area contributed by atoms with Gasteiger partial charge in [0.2, 0.25) is 0 Å². The molecule has 9 heteroatoms. The van der Waals surface area contributed by atoms with Crippen LogP contribution in [0.2, 0.25) is 0 Å². The minimum atomic E-state index is -0.803. The van der Waals surface area contributed by atoms with Gasteiger partial charge in [0.05, 0.1) is 25.9 Å². The molecule has 6 unspecified atom stereocenters. The number of hydrogen-bond donors (Lipinski definition) is 3. The zero-order valence-corrected chi connectivity index (χ0v) is 32.5. The maximum Gasteiger partial charge on any atom is 0.328 e. The first kappa shape index (κ1) is 38.7. The number of benzene rings is 4. The van der Waals surface area contributed by atoms with Gasteiger partial charge >= 0.3 is 12.0 Å². The van der Waals surface area contributed by atoms with E-state index < -0.39 is 24.3 Å². The molecule has 1 aliphatic carbocycles. The molecule has 0 radical (unpaired) electrons. The molecule has 2 amide bonds. The second-order valence-corrected chi connectivity index (χ2v) is 16.9. The van der Waals surface area contributed by atoms with E-state index in [9.17, 15) is 14.7 Å². The summed E-state index contributed by atoms with van der Waals surface area (Å²) in [7, 11) is 1.32. The van der Waals surface area contributed by atoms with Crippen molar-refractivity contribution in [2.24, 2.45) is 10.8 Å². The van der Waals surface area contributed by atoms with Crippen molar-refractivity contribution in [3.8, 4) is 11.1 Å². The summed E-state index contributed by atoms with van der Waals surface area (Å²) in [6, 6.07) is 33.3. The van der Waals surface area contributed by atoms with Crippen molar-refractivity contribution in [3.63, 3.8) is 0 Å². The lowest BCUT2D eigenvalue weighted by Crippen LogP contribution is -2.47.